The first kappa shape index (κ1) is 20.3. The first-order chi connectivity index (χ1) is 12.9. The van der Waals surface area contributed by atoms with Gasteiger partial charge in [-0.2, -0.15) is 0 Å². The van der Waals surface area contributed by atoms with Crippen LogP contribution in [0.5, 0.6) is 5.75 Å². The van der Waals surface area contributed by atoms with Gasteiger partial charge in [0.2, 0.25) is 0 Å². The molecule has 0 unspecified atom stereocenters. The maximum absolute atomic E-state index is 14.3. The molecule has 0 spiro atoms. The van der Waals surface area contributed by atoms with E-state index in [-0.39, 0.29) is 24.0 Å². The van der Waals surface area contributed by atoms with Crippen molar-refractivity contribution >= 4 is 46.1 Å². The number of benzene rings is 2. The number of aliphatic hydroxyl groups excluding tert-OH is 1. The molecule has 0 fully saturated rings. The molecule has 142 valence electrons. The van der Waals surface area contributed by atoms with E-state index in [1.807, 2.05) is 0 Å². The number of hydrogen-bond acceptors (Lipinski definition) is 6. The van der Waals surface area contributed by atoms with E-state index < -0.39 is 11.9 Å². The molecule has 0 saturated heterocycles. The van der Waals surface area contributed by atoms with Gasteiger partial charge in [0.05, 0.1) is 17.7 Å². The Morgan fingerprint density at radius 3 is 2.41 bits per heavy atom. The van der Waals surface area contributed by atoms with E-state index in [1.165, 1.54) is 23.5 Å². The molecule has 3 aromatic rings. The largest absolute Gasteiger partial charge is 0.489 e. The maximum atomic E-state index is 14.3. The van der Waals surface area contributed by atoms with Gasteiger partial charge in [-0.15, -0.1) is 10.2 Å². The molecule has 0 aliphatic heterocycles. The first-order valence-corrected chi connectivity index (χ1v) is 9.61. The molecule has 1 atom stereocenters. The Morgan fingerprint density at radius 1 is 1.07 bits per heavy atom. The molecule has 10 heteroatoms. The van der Waals surface area contributed by atoms with Gasteiger partial charge < -0.3 is 15.6 Å². The Morgan fingerprint density at radius 2 is 1.74 bits per heavy atom. The molecule has 0 bridgehead atoms. The van der Waals surface area contributed by atoms with Gasteiger partial charge in [-0.25, -0.2) is 4.39 Å². The Kier molecular flexibility index (Phi) is 6.52. The molecule has 3 rings (SSSR count). The SMILES string of the molecule is N[C@H](CO)COc1cc(Cl)c(-c2nnc(-c3cc(Cl)cc(Cl)c3)s2)cc1F. The van der Waals surface area contributed by atoms with Crippen molar-refractivity contribution in [1.29, 1.82) is 0 Å². The summed E-state index contributed by atoms with van der Waals surface area (Å²) in [5.41, 5.74) is 6.62. The molecule has 0 aliphatic carbocycles. The maximum Gasteiger partial charge on any atom is 0.165 e. The van der Waals surface area contributed by atoms with Gasteiger partial charge in [-0.3, -0.25) is 0 Å². The molecule has 0 saturated carbocycles. The number of hydrogen-bond donors (Lipinski definition) is 2. The van der Waals surface area contributed by atoms with Crippen molar-refractivity contribution in [1.82, 2.24) is 10.2 Å². The van der Waals surface area contributed by atoms with Crippen molar-refractivity contribution < 1.29 is 14.2 Å². The van der Waals surface area contributed by atoms with Gasteiger partial charge in [0, 0.05) is 27.2 Å². The number of ether oxygens (including phenoxy) is 1. The van der Waals surface area contributed by atoms with Crippen molar-refractivity contribution in [3.05, 3.63) is 51.2 Å². The molecule has 0 radical (unpaired) electrons. The highest BCUT2D eigenvalue weighted by Crippen LogP contribution is 2.38. The highest BCUT2D eigenvalue weighted by atomic mass is 35.5. The minimum absolute atomic E-state index is 0.0401. The van der Waals surface area contributed by atoms with E-state index >= 15 is 0 Å². The van der Waals surface area contributed by atoms with Crippen molar-refractivity contribution in [2.24, 2.45) is 5.73 Å². The summed E-state index contributed by atoms with van der Waals surface area (Å²) < 4.78 is 19.6. The van der Waals surface area contributed by atoms with Gasteiger partial charge in [-0.05, 0) is 24.3 Å². The van der Waals surface area contributed by atoms with Gasteiger partial charge in [0.15, 0.2) is 11.6 Å². The zero-order valence-electron chi connectivity index (χ0n) is 13.6. The van der Waals surface area contributed by atoms with Crippen LogP contribution in [0.1, 0.15) is 0 Å². The molecule has 1 aromatic heterocycles. The Balaban J connectivity index is 1.89. The van der Waals surface area contributed by atoms with E-state index in [0.717, 1.165) is 0 Å². The molecule has 2 aromatic carbocycles. The first-order valence-electron chi connectivity index (χ1n) is 7.66. The van der Waals surface area contributed by atoms with Crippen LogP contribution >= 0.6 is 46.1 Å². The highest BCUT2D eigenvalue weighted by molar-refractivity contribution is 7.18. The quantitative estimate of drug-likeness (QED) is 0.573. The van der Waals surface area contributed by atoms with Crippen molar-refractivity contribution in [3.63, 3.8) is 0 Å². The molecule has 1 heterocycles. The summed E-state index contributed by atoms with van der Waals surface area (Å²) in [6, 6.07) is 6.98. The average molecular weight is 449 g/mol. The van der Waals surface area contributed by atoms with Gasteiger partial charge in [0.1, 0.15) is 16.6 Å². The summed E-state index contributed by atoms with van der Waals surface area (Å²) in [4.78, 5) is 0. The minimum Gasteiger partial charge on any atom is -0.489 e. The van der Waals surface area contributed by atoms with Crippen LogP contribution in [-0.4, -0.2) is 34.6 Å². The molecule has 0 aliphatic rings. The van der Waals surface area contributed by atoms with Crippen molar-refractivity contribution in [2.45, 2.75) is 6.04 Å². The van der Waals surface area contributed by atoms with Gasteiger partial charge in [0.25, 0.3) is 0 Å². The minimum atomic E-state index is -0.623. The van der Waals surface area contributed by atoms with Crippen LogP contribution in [0.15, 0.2) is 30.3 Å². The molecule has 5 nitrogen and oxygen atoms in total. The number of nitrogens with zero attached hydrogens (tertiary/aromatic N) is 2. The molecule has 3 N–H and O–H groups in total. The third kappa shape index (κ3) is 4.87. The fraction of sp³-hybridized carbons (Fsp3) is 0.176. The molecular formula is C17H13Cl3FN3O2S. The zero-order valence-corrected chi connectivity index (χ0v) is 16.7. The monoisotopic (exact) mass is 447 g/mol. The second-order valence-corrected chi connectivity index (χ2v) is 7.84. The lowest BCUT2D eigenvalue weighted by Crippen LogP contribution is -2.31. The smallest absolute Gasteiger partial charge is 0.165 e. The van der Waals surface area contributed by atoms with Crippen LogP contribution in [0.2, 0.25) is 15.1 Å². The van der Waals surface area contributed by atoms with Crippen LogP contribution in [0.25, 0.3) is 21.1 Å². The third-order valence-corrected chi connectivity index (χ3v) is 5.23. The Labute approximate surface area is 173 Å². The summed E-state index contributed by atoms with van der Waals surface area (Å²) in [5.74, 6) is -0.680. The fourth-order valence-corrected chi connectivity index (χ4v) is 3.86. The summed E-state index contributed by atoms with van der Waals surface area (Å²) in [5, 5.41) is 19.3. The van der Waals surface area contributed by atoms with Crippen LogP contribution in [-0.2, 0) is 0 Å². The predicted octanol–water partition coefficient (Wildman–Crippen LogP) is 4.67. The van der Waals surface area contributed by atoms with Crippen LogP contribution < -0.4 is 10.5 Å². The second kappa shape index (κ2) is 8.68. The average Bonchev–Trinajstić information content (AvgIpc) is 3.10. The molecule has 0 amide bonds. The topological polar surface area (TPSA) is 81.3 Å². The summed E-state index contributed by atoms with van der Waals surface area (Å²) in [6.45, 7) is -0.309. The van der Waals surface area contributed by atoms with Crippen molar-refractivity contribution in [3.8, 4) is 26.9 Å². The fourth-order valence-electron chi connectivity index (χ4n) is 2.18. The Bertz CT molecular complexity index is 950. The summed E-state index contributed by atoms with van der Waals surface area (Å²) in [6.07, 6.45) is 0. The van der Waals surface area contributed by atoms with Gasteiger partial charge >= 0.3 is 0 Å². The van der Waals surface area contributed by atoms with Crippen LogP contribution in [0.4, 0.5) is 4.39 Å². The highest BCUT2D eigenvalue weighted by Gasteiger charge is 2.17. The number of aliphatic hydroxyl groups is 1. The van der Waals surface area contributed by atoms with Gasteiger partial charge in [-0.1, -0.05) is 46.1 Å². The lowest BCUT2D eigenvalue weighted by molar-refractivity contribution is 0.202. The molecular weight excluding hydrogens is 436 g/mol. The van der Waals surface area contributed by atoms with E-state index in [1.54, 1.807) is 18.2 Å². The third-order valence-electron chi connectivity index (χ3n) is 3.47. The number of nitrogens with two attached hydrogens (primary N) is 1. The van der Waals surface area contributed by atoms with E-state index in [4.69, 9.17) is 50.4 Å². The summed E-state index contributed by atoms with van der Waals surface area (Å²) in [7, 11) is 0. The Hall–Kier alpha value is -1.48. The number of aromatic nitrogens is 2. The van der Waals surface area contributed by atoms with E-state index in [2.05, 4.69) is 10.2 Å². The zero-order chi connectivity index (χ0) is 19.6. The van der Waals surface area contributed by atoms with Crippen LogP contribution in [0, 0.1) is 5.82 Å². The van der Waals surface area contributed by atoms with Crippen LogP contribution in [0.3, 0.4) is 0 Å². The van der Waals surface area contributed by atoms with E-state index in [0.29, 0.717) is 31.2 Å². The summed E-state index contributed by atoms with van der Waals surface area (Å²) >= 11 is 19.5. The second-order valence-electron chi connectivity index (χ2n) is 5.59. The number of rotatable bonds is 6. The molecule has 27 heavy (non-hydrogen) atoms. The number of halogens is 4. The predicted molar refractivity (Wildman–Crippen MR) is 106 cm³/mol. The van der Waals surface area contributed by atoms with E-state index in [9.17, 15) is 4.39 Å². The lowest BCUT2D eigenvalue weighted by Gasteiger charge is -2.12. The standard InChI is InChI=1S/C17H13Cl3FN3O2S/c18-9-1-8(2-10(19)3-9)16-23-24-17(27-16)12-4-14(21)15(5-13(12)20)26-7-11(22)6-25/h1-5,11,25H,6-7,22H2/t11-/m1/s1. The normalized spacial score (nSPS) is 12.2. The lowest BCUT2D eigenvalue weighted by atomic mass is 10.2. The van der Waals surface area contributed by atoms with Crippen molar-refractivity contribution in [2.75, 3.05) is 13.2 Å².